The molecule has 1 saturated heterocycles. The number of ether oxygens (including phenoxy) is 2. The fraction of sp³-hybridized carbons (Fsp3) is 0.312. The van der Waals surface area contributed by atoms with Crippen molar-refractivity contribution in [2.75, 3.05) is 18.5 Å². The molecule has 1 amide bonds. The summed E-state index contributed by atoms with van der Waals surface area (Å²) < 4.78 is 12.6. The quantitative estimate of drug-likeness (QED) is 0.681. The number of aromatic amines is 1. The fourth-order valence-corrected chi connectivity index (χ4v) is 2.71. The fourth-order valence-electron chi connectivity index (χ4n) is 2.71. The van der Waals surface area contributed by atoms with Crippen LogP contribution in [0.1, 0.15) is 23.2 Å². The first-order valence-corrected chi connectivity index (χ1v) is 8.22. The molecule has 2 N–H and O–H groups in total. The predicted molar refractivity (Wildman–Crippen MR) is 90.2 cm³/mol. The van der Waals surface area contributed by atoms with Gasteiger partial charge in [-0.1, -0.05) is 6.07 Å². The summed E-state index contributed by atoms with van der Waals surface area (Å²) in [6.07, 6.45) is 5.02. The van der Waals surface area contributed by atoms with E-state index in [-0.39, 0.29) is 12.0 Å². The van der Waals surface area contributed by atoms with Crippen LogP contribution in [0.2, 0.25) is 0 Å². The van der Waals surface area contributed by atoms with E-state index < -0.39 is 0 Å². The molecule has 1 aliphatic heterocycles. The first-order valence-electron chi connectivity index (χ1n) is 8.22. The second kappa shape index (κ2) is 7.31. The van der Waals surface area contributed by atoms with E-state index in [1.165, 1.54) is 17.2 Å². The summed E-state index contributed by atoms with van der Waals surface area (Å²) in [7, 11) is 0. The molecule has 3 aromatic rings. The van der Waals surface area contributed by atoms with Crippen LogP contribution in [0.5, 0.6) is 5.75 Å². The van der Waals surface area contributed by atoms with Gasteiger partial charge in [0.05, 0.1) is 12.3 Å². The van der Waals surface area contributed by atoms with Crippen molar-refractivity contribution in [1.82, 2.24) is 30.4 Å². The van der Waals surface area contributed by atoms with Crippen molar-refractivity contribution in [2.24, 2.45) is 0 Å². The summed E-state index contributed by atoms with van der Waals surface area (Å²) in [5.74, 6) is 0.727. The number of rotatable bonds is 6. The Hall–Kier alpha value is -3.27. The molecule has 2 aromatic heterocycles. The number of hydrogen-bond acceptors (Lipinski definition) is 7. The lowest BCUT2D eigenvalue weighted by Gasteiger charge is -2.12. The van der Waals surface area contributed by atoms with E-state index in [9.17, 15) is 4.79 Å². The van der Waals surface area contributed by atoms with Crippen LogP contribution < -0.4 is 10.1 Å². The summed E-state index contributed by atoms with van der Waals surface area (Å²) in [5.41, 5.74) is 0.937. The Balaban J connectivity index is 1.43. The van der Waals surface area contributed by atoms with E-state index in [0.29, 0.717) is 29.4 Å². The highest BCUT2D eigenvalue weighted by Gasteiger charge is 2.18. The van der Waals surface area contributed by atoms with E-state index in [0.717, 1.165) is 19.4 Å². The normalized spacial score (nSPS) is 16.5. The highest BCUT2D eigenvalue weighted by molar-refractivity contribution is 6.06. The number of aromatic nitrogens is 6. The van der Waals surface area contributed by atoms with Gasteiger partial charge < -0.3 is 14.8 Å². The van der Waals surface area contributed by atoms with E-state index in [1.807, 2.05) is 12.1 Å². The molecule has 0 aliphatic carbocycles. The monoisotopic (exact) mass is 355 g/mol. The van der Waals surface area contributed by atoms with Gasteiger partial charge in [-0.25, -0.2) is 0 Å². The molecule has 0 bridgehead atoms. The zero-order valence-electron chi connectivity index (χ0n) is 13.8. The zero-order chi connectivity index (χ0) is 17.8. The summed E-state index contributed by atoms with van der Waals surface area (Å²) >= 11 is 0. The van der Waals surface area contributed by atoms with Gasteiger partial charge in [0.2, 0.25) is 0 Å². The van der Waals surface area contributed by atoms with Gasteiger partial charge in [0.15, 0.2) is 5.82 Å². The largest absolute Gasteiger partial charge is 0.491 e. The maximum absolute atomic E-state index is 12.6. The van der Waals surface area contributed by atoms with Gasteiger partial charge in [-0.15, -0.1) is 5.10 Å². The molecule has 134 valence electrons. The second-order valence-electron chi connectivity index (χ2n) is 5.81. The average molecular weight is 355 g/mol. The molecule has 0 spiro atoms. The number of hydrogen-bond donors (Lipinski definition) is 2. The Labute approximate surface area is 148 Å². The van der Waals surface area contributed by atoms with Crippen LogP contribution in [-0.4, -0.2) is 55.6 Å². The third-order valence-electron chi connectivity index (χ3n) is 3.99. The van der Waals surface area contributed by atoms with E-state index >= 15 is 0 Å². The van der Waals surface area contributed by atoms with Crippen molar-refractivity contribution < 1.29 is 14.3 Å². The first kappa shape index (κ1) is 16.2. The lowest BCUT2D eigenvalue weighted by atomic mass is 10.2. The van der Waals surface area contributed by atoms with E-state index in [2.05, 4.69) is 31.0 Å². The van der Waals surface area contributed by atoms with Gasteiger partial charge in [0.25, 0.3) is 5.91 Å². The molecule has 1 unspecified atom stereocenters. The molecule has 1 fully saturated rings. The van der Waals surface area contributed by atoms with Gasteiger partial charge >= 0.3 is 0 Å². The van der Waals surface area contributed by atoms with Crippen LogP contribution in [0.25, 0.3) is 5.82 Å². The van der Waals surface area contributed by atoms with Crippen molar-refractivity contribution in [3.8, 4) is 11.6 Å². The average Bonchev–Trinajstić information content (AvgIpc) is 3.42. The minimum atomic E-state index is -0.333. The highest BCUT2D eigenvalue weighted by atomic mass is 16.5. The van der Waals surface area contributed by atoms with E-state index in [1.54, 1.807) is 12.1 Å². The number of nitrogens with one attached hydrogen (secondary N) is 2. The Kier molecular flexibility index (Phi) is 4.56. The summed E-state index contributed by atoms with van der Waals surface area (Å²) in [6.45, 7) is 1.29. The molecule has 3 heterocycles. The van der Waals surface area contributed by atoms with Crippen molar-refractivity contribution in [1.29, 1.82) is 0 Å². The highest BCUT2D eigenvalue weighted by Crippen LogP contribution is 2.21. The molecular weight excluding hydrogens is 338 g/mol. The number of H-pyrrole nitrogens is 1. The van der Waals surface area contributed by atoms with Gasteiger partial charge in [-0.2, -0.15) is 9.78 Å². The maximum Gasteiger partial charge on any atom is 0.261 e. The van der Waals surface area contributed by atoms with Crippen LogP contribution in [0.15, 0.2) is 36.8 Å². The minimum Gasteiger partial charge on any atom is -0.491 e. The standard InChI is InChI=1S/C16H17N7O3/c24-16(14-8-17-20-15(14)23-10-18-21-22-23)19-11-3-1-4-12(7-11)26-9-13-5-2-6-25-13/h1,3-4,7-8,10,13H,2,5-6,9H2,(H,17,20)(H,19,24). The maximum atomic E-state index is 12.6. The topological polar surface area (TPSA) is 120 Å². The molecule has 10 nitrogen and oxygen atoms in total. The van der Waals surface area contributed by atoms with Crippen molar-refractivity contribution in [3.05, 3.63) is 42.4 Å². The van der Waals surface area contributed by atoms with Gasteiger partial charge in [-0.3, -0.25) is 9.89 Å². The molecule has 1 aromatic carbocycles. The molecule has 1 atom stereocenters. The third kappa shape index (κ3) is 3.54. The summed E-state index contributed by atoms with van der Waals surface area (Å²) in [5, 5.41) is 20.3. The number of carbonyl (C=O) groups is 1. The van der Waals surface area contributed by atoms with Crippen LogP contribution in [0, 0.1) is 0 Å². The second-order valence-corrected chi connectivity index (χ2v) is 5.81. The molecule has 0 saturated carbocycles. The SMILES string of the molecule is O=C(Nc1cccc(OCC2CCCO2)c1)c1cn[nH]c1-n1cnnn1. The van der Waals surface area contributed by atoms with Crippen molar-refractivity contribution in [3.63, 3.8) is 0 Å². The Morgan fingerprint density at radius 3 is 3.23 bits per heavy atom. The van der Waals surface area contributed by atoms with Crippen molar-refractivity contribution >= 4 is 11.6 Å². The Morgan fingerprint density at radius 1 is 1.46 bits per heavy atom. The van der Waals surface area contributed by atoms with Crippen LogP contribution in [0.4, 0.5) is 5.69 Å². The molecule has 1 aliphatic rings. The lowest BCUT2D eigenvalue weighted by molar-refractivity contribution is 0.0680. The number of benzene rings is 1. The number of anilines is 1. The Morgan fingerprint density at radius 2 is 2.42 bits per heavy atom. The van der Waals surface area contributed by atoms with Crippen LogP contribution >= 0.6 is 0 Å². The summed E-state index contributed by atoms with van der Waals surface area (Å²) in [4.78, 5) is 12.6. The van der Waals surface area contributed by atoms with Crippen LogP contribution in [0.3, 0.4) is 0 Å². The number of amides is 1. The van der Waals surface area contributed by atoms with Crippen LogP contribution in [-0.2, 0) is 4.74 Å². The molecule has 26 heavy (non-hydrogen) atoms. The molecule has 10 heteroatoms. The summed E-state index contributed by atoms with van der Waals surface area (Å²) in [6, 6.07) is 7.21. The lowest BCUT2D eigenvalue weighted by Crippen LogP contribution is -2.17. The Bertz CT molecular complexity index is 872. The molecule has 0 radical (unpaired) electrons. The molecule has 4 rings (SSSR count). The number of carbonyl (C=O) groups excluding carboxylic acids is 1. The first-order chi connectivity index (χ1) is 12.8. The van der Waals surface area contributed by atoms with Gasteiger partial charge in [0, 0.05) is 18.4 Å². The van der Waals surface area contributed by atoms with Gasteiger partial charge in [-0.05, 0) is 35.4 Å². The molecular formula is C16H17N7O3. The minimum absolute atomic E-state index is 0.137. The number of tetrazole rings is 1. The number of nitrogens with zero attached hydrogens (tertiary/aromatic N) is 5. The zero-order valence-corrected chi connectivity index (χ0v) is 13.8. The predicted octanol–water partition coefficient (Wildman–Crippen LogP) is 1.20. The third-order valence-corrected chi connectivity index (χ3v) is 3.99. The van der Waals surface area contributed by atoms with E-state index in [4.69, 9.17) is 9.47 Å². The van der Waals surface area contributed by atoms with Gasteiger partial charge in [0.1, 0.15) is 24.2 Å². The van der Waals surface area contributed by atoms with Crippen molar-refractivity contribution in [2.45, 2.75) is 18.9 Å². The smallest absolute Gasteiger partial charge is 0.261 e.